The van der Waals surface area contributed by atoms with Gasteiger partial charge in [0, 0.05) is 49.0 Å². The number of nitrogens with two attached hydrogens (primary N) is 1. The van der Waals surface area contributed by atoms with Gasteiger partial charge in [0.05, 0.1) is 17.6 Å². The lowest BCUT2D eigenvalue weighted by atomic mass is 9.93. The van der Waals surface area contributed by atoms with Crippen LogP contribution >= 0.6 is 0 Å². The second kappa shape index (κ2) is 9.68. The van der Waals surface area contributed by atoms with Crippen molar-refractivity contribution in [3.63, 3.8) is 0 Å². The van der Waals surface area contributed by atoms with Gasteiger partial charge >= 0.3 is 6.09 Å². The number of nitriles is 1. The lowest BCUT2D eigenvalue weighted by Crippen LogP contribution is -2.46. The normalized spacial score (nSPS) is 17.7. The van der Waals surface area contributed by atoms with Crippen LogP contribution in [0.4, 0.5) is 16.2 Å². The molecule has 1 fully saturated rings. The number of piperazine rings is 1. The zero-order valence-corrected chi connectivity index (χ0v) is 19.3. The monoisotopic (exact) mass is 473 g/mol. The molecule has 2 aromatic carbocycles. The highest BCUT2D eigenvalue weighted by Gasteiger charge is 2.30. The van der Waals surface area contributed by atoms with E-state index in [4.69, 9.17) is 20.1 Å². The highest BCUT2D eigenvalue weighted by atomic mass is 16.6. The number of hydrogen-bond donors (Lipinski definition) is 2. The quantitative estimate of drug-likeness (QED) is 0.500. The van der Waals surface area contributed by atoms with E-state index in [1.165, 1.54) is 0 Å². The van der Waals surface area contributed by atoms with Gasteiger partial charge in [-0.25, -0.2) is 4.79 Å². The van der Waals surface area contributed by atoms with E-state index < -0.39 is 6.09 Å². The summed E-state index contributed by atoms with van der Waals surface area (Å²) in [5.74, 6) is -0.0352. The molecule has 3 N–H and O–H groups in total. The number of carbonyl (C=O) groups excluding carboxylic acids is 2. The third kappa shape index (κ3) is 4.93. The van der Waals surface area contributed by atoms with E-state index in [2.05, 4.69) is 21.2 Å². The molecule has 9 heteroatoms. The smallest absolute Gasteiger partial charge is 0.412 e. The van der Waals surface area contributed by atoms with E-state index in [0.29, 0.717) is 11.1 Å². The second-order valence-electron chi connectivity index (χ2n) is 8.99. The Bertz CT molecular complexity index is 1300. The Morgan fingerprint density at radius 3 is 2.74 bits per heavy atom. The molecule has 2 amide bonds. The molecule has 2 aliphatic heterocycles. The van der Waals surface area contributed by atoms with Crippen LogP contribution in [0, 0.1) is 11.3 Å². The van der Waals surface area contributed by atoms with E-state index in [1.54, 1.807) is 12.1 Å². The van der Waals surface area contributed by atoms with Crippen molar-refractivity contribution in [2.45, 2.75) is 25.2 Å². The summed E-state index contributed by atoms with van der Waals surface area (Å²) < 4.78 is 10.3. The van der Waals surface area contributed by atoms with E-state index in [0.717, 1.165) is 74.3 Å². The van der Waals surface area contributed by atoms with E-state index in [1.807, 2.05) is 30.3 Å². The molecule has 9 nitrogen and oxygen atoms in total. The number of primary amides is 1. The highest BCUT2D eigenvalue weighted by molar-refractivity contribution is 6.03. The van der Waals surface area contributed by atoms with Crippen LogP contribution in [0.3, 0.4) is 0 Å². The number of fused-ring (bicyclic) bond motifs is 2. The minimum Gasteiger partial charge on any atom is -0.425 e. The van der Waals surface area contributed by atoms with E-state index >= 15 is 0 Å². The molecule has 3 aromatic rings. The number of ether oxygens (including phenoxy) is 1. The van der Waals surface area contributed by atoms with Gasteiger partial charge in [0.15, 0.2) is 0 Å². The molecule has 0 radical (unpaired) electrons. The average Bonchev–Trinajstić information content (AvgIpc) is 3.39. The van der Waals surface area contributed by atoms with E-state index in [-0.39, 0.29) is 17.8 Å². The Balaban J connectivity index is 1.09. The number of nitrogens with zero attached hydrogens (tertiary/aromatic N) is 3. The Morgan fingerprint density at radius 2 is 1.97 bits per heavy atom. The minimum atomic E-state index is -0.898. The van der Waals surface area contributed by atoms with E-state index in [9.17, 15) is 9.59 Å². The molecule has 3 heterocycles. The van der Waals surface area contributed by atoms with Crippen LogP contribution in [-0.4, -0.2) is 49.6 Å². The van der Waals surface area contributed by atoms with Gasteiger partial charge in [0.1, 0.15) is 5.58 Å². The van der Waals surface area contributed by atoms with Crippen LogP contribution in [0.2, 0.25) is 0 Å². The molecule has 1 atom stereocenters. The Hall–Kier alpha value is -4.03. The fraction of sp³-hybridized carbons (Fsp3) is 0.346. The SMILES string of the molecule is N#Cc1ccc2c(c1)C(CCCCN1CCN(c3ccc4oc(OC(N)=O)cc4c3)CC1)C(=O)N2. The summed E-state index contributed by atoms with van der Waals surface area (Å²) in [5.41, 5.74) is 9.18. The lowest BCUT2D eigenvalue weighted by molar-refractivity contribution is -0.117. The first-order valence-electron chi connectivity index (χ1n) is 11.8. The molecule has 0 saturated carbocycles. The van der Waals surface area contributed by atoms with Crippen molar-refractivity contribution >= 4 is 34.3 Å². The summed E-state index contributed by atoms with van der Waals surface area (Å²) in [6.07, 6.45) is 1.88. The zero-order valence-electron chi connectivity index (χ0n) is 19.3. The highest BCUT2D eigenvalue weighted by Crippen LogP contribution is 2.36. The van der Waals surface area contributed by atoms with Crippen molar-refractivity contribution in [2.75, 3.05) is 42.9 Å². The largest absolute Gasteiger partial charge is 0.425 e. The molecule has 2 aliphatic rings. The fourth-order valence-electron chi connectivity index (χ4n) is 4.95. The Morgan fingerprint density at radius 1 is 1.14 bits per heavy atom. The maximum absolute atomic E-state index is 12.4. The predicted molar refractivity (Wildman–Crippen MR) is 131 cm³/mol. The number of unbranched alkanes of at least 4 members (excludes halogenated alkanes) is 1. The molecular weight excluding hydrogens is 446 g/mol. The Labute approximate surface area is 203 Å². The number of anilines is 2. The van der Waals surface area contributed by atoms with Crippen molar-refractivity contribution in [3.05, 3.63) is 53.6 Å². The maximum Gasteiger partial charge on any atom is 0.412 e. The zero-order chi connectivity index (χ0) is 24.4. The molecule has 35 heavy (non-hydrogen) atoms. The Kier molecular flexibility index (Phi) is 6.29. The number of carbonyl (C=O) groups is 2. The van der Waals surface area contributed by atoms with Gasteiger partial charge in [-0.3, -0.25) is 9.69 Å². The van der Waals surface area contributed by atoms with Crippen LogP contribution in [-0.2, 0) is 4.79 Å². The molecule has 0 bridgehead atoms. The molecular formula is C26H27N5O4. The molecule has 1 saturated heterocycles. The number of hydrogen-bond acceptors (Lipinski definition) is 7. The molecule has 5 rings (SSSR count). The maximum atomic E-state index is 12.4. The number of nitrogens with one attached hydrogen (secondary N) is 1. The molecule has 0 spiro atoms. The summed E-state index contributed by atoms with van der Waals surface area (Å²) in [6.45, 7) is 4.78. The van der Waals surface area contributed by atoms with Crippen LogP contribution in [0.25, 0.3) is 11.0 Å². The predicted octanol–water partition coefficient (Wildman–Crippen LogP) is 3.79. The number of benzene rings is 2. The minimum absolute atomic E-state index is 0.0339. The lowest BCUT2D eigenvalue weighted by Gasteiger charge is -2.36. The topological polar surface area (TPSA) is 125 Å². The second-order valence-corrected chi connectivity index (χ2v) is 8.99. The van der Waals surface area contributed by atoms with Gasteiger partial charge < -0.3 is 25.1 Å². The van der Waals surface area contributed by atoms with Crippen molar-refractivity contribution in [1.29, 1.82) is 5.26 Å². The van der Waals surface area contributed by atoms with Crippen molar-refractivity contribution in [1.82, 2.24) is 4.90 Å². The van der Waals surface area contributed by atoms with Crippen molar-refractivity contribution < 1.29 is 18.7 Å². The number of amides is 2. The van der Waals surface area contributed by atoms with Gasteiger partial charge in [-0.05, 0) is 61.3 Å². The van der Waals surface area contributed by atoms with Crippen LogP contribution < -0.4 is 20.7 Å². The summed E-state index contributed by atoms with van der Waals surface area (Å²) in [7, 11) is 0. The van der Waals surface area contributed by atoms with Gasteiger partial charge in [-0.2, -0.15) is 5.26 Å². The first kappa shape index (κ1) is 22.7. The molecule has 180 valence electrons. The first-order valence-corrected chi connectivity index (χ1v) is 11.8. The van der Waals surface area contributed by atoms with Gasteiger partial charge in [0.2, 0.25) is 5.91 Å². The van der Waals surface area contributed by atoms with Crippen molar-refractivity contribution in [3.8, 4) is 12.0 Å². The summed E-state index contributed by atoms with van der Waals surface area (Å²) in [5, 5.41) is 13.0. The summed E-state index contributed by atoms with van der Waals surface area (Å²) in [6, 6.07) is 15.1. The summed E-state index contributed by atoms with van der Waals surface area (Å²) >= 11 is 0. The van der Waals surface area contributed by atoms with Crippen molar-refractivity contribution in [2.24, 2.45) is 5.73 Å². The van der Waals surface area contributed by atoms with Gasteiger partial charge in [-0.1, -0.05) is 6.42 Å². The third-order valence-corrected chi connectivity index (χ3v) is 6.76. The number of furan rings is 1. The third-order valence-electron chi connectivity index (χ3n) is 6.76. The average molecular weight is 474 g/mol. The standard InChI is InChI=1S/C26H27N5O4/c27-16-17-4-6-22-21(13-17)20(25(32)29-22)3-1-2-8-30-9-11-31(12-10-30)19-5-7-23-18(14-19)15-24(34-23)35-26(28)33/h4-7,13-15,20H,1-3,8-12H2,(H2,28,33)(H,29,32). The molecule has 1 unspecified atom stereocenters. The van der Waals surface area contributed by atoms with Gasteiger partial charge in [-0.15, -0.1) is 0 Å². The van der Waals surface area contributed by atoms with Crippen LogP contribution in [0.15, 0.2) is 46.9 Å². The summed E-state index contributed by atoms with van der Waals surface area (Å²) in [4.78, 5) is 28.1. The number of rotatable bonds is 7. The molecule has 0 aliphatic carbocycles. The van der Waals surface area contributed by atoms with Gasteiger partial charge in [0.25, 0.3) is 5.95 Å². The fourth-order valence-corrected chi connectivity index (χ4v) is 4.95. The molecule has 1 aromatic heterocycles. The van der Waals surface area contributed by atoms with Crippen LogP contribution in [0.5, 0.6) is 5.95 Å². The first-order chi connectivity index (χ1) is 17.0. The van der Waals surface area contributed by atoms with Crippen LogP contribution in [0.1, 0.15) is 36.3 Å².